The fourth-order valence-electron chi connectivity index (χ4n) is 1.08. The molecule has 0 saturated heterocycles. The van der Waals surface area contributed by atoms with Gasteiger partial charge in [0.25, 0.3) is 0 Å². The van der Waals surface area contributed by atoms with E-state index in [1.807, 2.05) is 0 Å². The number of carbonyl (C=O) groups is 1. The minimum Gasteiger partial charge on any atom is -0.325 e. The third kappa shape index (κ3) is 3.71. The highest BCUT2D eigenvalue weighted by Crippen LogP contribution is 2.36. The van der Waals surface area contributed by atoms with E-state index in [4.69, 9.17) is 5.73 Å². The summed E-state index contributed by atoms with van der Waals surface area (Å²) in [6.07, 6.45) is -4.48. The summed E-state index contributed by atoms with van der Waals surface area (Å²) in [6, 6.07) is 2.65. The van der Waals surface area contributed by atoms with Gasteiger partial charge in [-0.05, 0) is 25.1 Å². The number of halogens is 4. The Morgan fingerprint density at radius 2 is 2.06 bits per heavy atom. The lowest BCUT2D eigenvalue weighted by molar-refractivity contribution is -0.138. The average Bonchev–Trinajstić information content (AvgIpc) is 2.19. The molecule has 0 saturated carbocycles. The molecule has 3 N–H and O–H groups in total. The highest BCUT2D eigenvalue weighted by molar-refractivity contribution is 9.10. The number of alkyl halides is 3. The van der Waals surface area contributed by atoms with E-state index >= 15 is 0 Å². The van der Waals surface area contributed by atoms with Gasteiger partial charge >= 0.3 is 6.18 Å². The molecule has 0 fully saturated rings. The van der Waals surface area contributed by atoms with Crippen LogP contribution in [0.4, 0.5) is 18.9 Å². The van der Waals surface area contributed by atoms with Crippen LogP contribution in [0.2, 0.25) is 0 Å². The summed E-state index contributed by atoms with van der Waals surface area (Å²) in [7, 11) is 0. The van der Waals surface area contributed by atoms with E-state index in [-0.39, 0.29) is 10.2 Å². The molecule has 1 atom stereocenters. The molecule has 0 unspecified atom stereocenters. The average molecular weight is 311 g/mol. The molecular formula is C10H10BrF3N2O. The van der Waals surface area contributed by atoms with Crippen LogP contribution < -0.4 is 11.1 Å². The monoisotopic (exact) mass is 310 g/mol. The van der Waals surface area contributed by atoms with Gasteiger partial charge in [0.05, 0.1) is 11.6 Å². The van der Waals surface area contributed by atoms with Gasteiger partial charge in [0.15, 0.2) is 0 Å². The van der Waals surface area contributed by atoms with E-state index in [2.05, 4.69) is 21.2 Å². The molecule has 1 aromatic rings. The lowest BCUT2D eigenvalue weighted by atomic mass is 10.2. The molecule has 0 radical (unpaired) electrons. The molecule has 1 rings (SSSR count). The molecule has 1 aromatic carbocycles. The Bertz CT molecular complexity index is 432. The van der Waals surface area contributed by atoms with Crippen molar-refractivity contribution in [3.8, 4) is 0 Å². The molecule has 94 valence electrons. The second kappa shape index (κ2) is 5.05. The van der Waals surface area contributed by atoms with Crippen LogP contribution in [0.1, 0.15) is 12.5 Å². The van der Waals surface area contributed by atoms with E-state index in [1.165, 1.54) is 19.1 Å². The van der Waals surface area contributed by atoms with Crippen LogP contribution in [0.15, 0.2) is 22.7 Å². The summed E-state index contributed by atoms with van der Waals surface area (Å²) >= 11 is 2.80. The van der Waals surface area contributed by atoms with Gasteiger partial charge in [-0.25, -0.2) is 0 Å². The Labute approximate surface area is 104 Å². The first kappa shape index (κ1) is 14.0. The van der Waals surface area contributed by atoms with Crippen LogP contribution in [0.25, 0.3) is 0 Å². The first-order valence-electron chi connectivity index (χ1n) is 4.65. The summed E-state index contributed by atoms with van der Waals surface area (Å²) < 4.78 is 37.6. The number of hydrogen-bond donors (Lipinski definition) is 2. The second-order valence-electron chi connectivity index (χ2n) is 3.47. The Morgan fingerprint density at radius 1 is 1.47 bits per heavy atom. The number of amides is 1. The molecule has 0 bridgehead atoms. The smallest absolute Gasteiger partial charge is 0.325 e. The van der Waals surface area contributed by atoms with Crippen molar-refractivity contribution >= 4 is 27.5 Å². The summed E-state index contributed by atoms with van der Waals surface area (Å²) in [5.41, 5.74) is 4.50. The zero-order valence-corrected chi connectivity index (χ0v) is 10.4. The van der Waals surface area contributed by atoms with Crippen molar-refractivity contribution in [2.24, 2.45) is 5.73 Å². The first-order chi connectivity index (χ1) is 7.71. The Morgan fingerprint density at radius 3 is 2.53 bits per heavy atom. The molecule has 1 amide bonds. The van der Waals surface area contributed by atoms with Gasteiger partial charge in [-0.3, -0.25) is 4.79 Å². The lowest BCUT2D eigenvalue weighted by Gasteiger charge is -2.12. The van der Waals surface area contributed by atoms with Crippen LogP contribution in [0.3, 0.4) is 0 Å². The van der Waals surface area contributed by atoms with Crippen molar-refractivity contribution in [3.05, 3.63) is 28.2 Å². The number of hydrogen-bond acceptors (Lipinski definition) is 2. The largest absolute Gasteiger partial charge is 0.417 e. The lowest BCUT2D eigenvalue weighted by Crippen LogP contribution is -2.32. The highest BCUT2D eigenvalue weighted by atomic mass is 79.9. The Balaban J connectivity index is 3.01. The number of carbonyl (C=O) groups excluding carboxylic acids is 1. The van der Waals surface area contributed by atoms with Gasteiger partial charge in [-0.15, -0.1) is 0 Å². The van der Waals surface area contributed by atoms with Crippen molar-refractivity contribution in [1.29, 1.82) is 0 Å². The molecule has 7 heteroatoms. The molecule has 17 heavy (non-hydrogen) atoms. The maximum Gasteiger partial charge on any atom is 0.417 e. The molecular weight excluding hydrogens is 301 g/mol. The van der Waals surface area contributed by atoms with Gasteiger partial charge < -0.3 is 11.1 Å². The van der Waals surface area contributed by atoms with E-state index in [0.29, 0.717) is 0 Å². The van der Waals surface area contributed by atoms with Gasteiger partial charge in [0.2, 0.25) is 5.91 Å². The van der Waals surface area contributed by atoms with Gasteiger partial charge in [0.1, 0.15) is 0 Å². The zero-order chi connectivity index (χ0) is 13.2. The van der Waals surface area contributed by atoms with Crippen LogP contribution in [-0.2, 0) is 11.0 Å². The van der Waals surface area contributed by atoms with Crippen LogP contribution in [0.5, 0.6) is 0 Å². The summed E-state index contributed by atoms with van der Waals surface area (Å²) in [5, 5.41) is 2.30. The van der Waals surface area contributed by atoms with Crippen molar-refractivity contribution in [2.45, 2.75) is 19.1 Å². The summed E-state index contributed by atoms with van der Waals surface area (Å²) in [4.78, 5) is 11.2. The first-order valence-corrected chi connectivity index (χ1v) is 5.44. The fraction of sp³-hybridized carbons (Fsp3) is 0.300. The predicted octanol–water partition coefficient (Wildman–Crippen LogP) is 2.75. The maximum atomic E-state index is 12.6. The number of nitrogens with two attached hydrogens (primary N) is 1. The molecule has 0 heterocycles. The Hall–Kier alpha value is -1.08. The molecule has 0 aliphatic carbocycles. The zero-order valence-electron chi connectivity index (χ0n) is 8.81. The topological polar surface area (TPSA) is 55.1 Å². The van der Waals surface area contributed by atoms with Gasteiger partial charge in [-0.1, -0.05) is 15.9 Å². The molecule has 0 aliphatic rings. The van der Waals surface area contributed by atoms with E-state index in [9.17, 15) is 18.0 Å². The number of nitrogens with one attached hydrogen (secondary N) is 1. The third-order valence-corrected chi connectivity index (χ3v) is 2.64. The van der Waals surface area contributed by atoms with Gasteiger partial charge in [-0.2, -0.15) is 13.2 Å². The highest BCUT2D eigenvalue weighted by Gasteiger charge is 2.33. The maximum absolute atomic E-state index is 12.6. The Kier molecular flexibility index (Phi) is 4.16. The summed E-state index contributed by atoms with van der Waals surface area (Å²) in [5.74, 6) is -0.541. The van der Waals surface area contributed by atoms with Crippen molar-refractivity contribution < 1.29 is 18.0 Å². The van der Waals surface area contributed by atoms with Crippen LogP contribution >= 0.6 is 15.9 Å². The molecule has 0 spiro atoms. The van der Waals surface area contributed by atoms with E-state index in [1.54, 1.807) is 0 Å². The quantitative estimate of drug-likeness (QED) is 0.882. The van der Waals surface area contributed by atoms with Crippen molar-refractivity contribution in [3.63, 3.8) is 0 Å². The third-order valence-electron chi connectivity index (χ3n) is 1.95. The fourth-order valence-corrected chi connectivity index (χ4v) is 1.55. The number of rotatable bonds is 2. The summed E-state index contributed by atoms with van der Waals surface area (Å²) in [6.45, 7) is 1.44. The number of anilines is 1. The SMILES string of the molecule is C[C@H](N)C(=O)Nc1ccc(Br)c(C(F)(F)F)c1. The minimum atomic E-state index is -4.48. The molecule has 0 aromatic heterocycles. The standard InChI is InChI=1S/C10H10BrF3N2O/c1-5(15)9(17)16-6-2-3-8(11)7(4-6)10(12,13)14/h2-5H,15H2,1H3,(H,16,17)/t5-/m0/s1. The van der Waals surface area contributed by atoms with Gasteiger partial charge in [0, 0.05) is 10.2 Å². The molecule has 3 nitrogen and oxygen atoms in total. The minimum absolute atomic E-state index is 0.0582. The molecule has 0 aliphatic heterocycles. The van der Waals surface area contributed by atoms with E-state index < -0.39 is 23.7 Å². The predicted molar refractivity (Wildman–Crippen MR) is 61.4 cm³/mol. The second-order valence-corrected chi connectivity index (χ2v) is 4.32. The van der Waals surface area contributed by atoms with Crippen molar-refractivity contribution in [2.75, 3.05) is 5.32 Å². The van der Waals surface area contributed by atoms with Crippen molar-refractivity contribution in [1.82, 2.24) is 0 Å². The van der Waals surface area contributed by atoms with E-state index in [0.717, 1.165) is 6.07 Å². The van der Waals surface area contributed by atoms with Crippen LogP contribution in [0, 0.1) is 0 Å². The number of benzene rings is 1. The van der Waals surface area contributed by atoms with Crippen LogP contribution in [-0.4, -0.2) is 11.9 Å². The normalized spacial score (nSPS) is 13.3.